The zero-order valence-corrected chi connectivity index (χ0v) is 23.6. The Morgan fingerprint density at radius 1 is 0.477 bits per heavy atom. The second-order valence-corrected chi connectivity index (χ2v) is 11.4. The third kappa shape index (κ3) is 3.14. The van der Waals surface area contributed by atoms with Gasteiger partial charge in [0.25, 0.3) is 0 Å². The van der Waals surface area contributed by atoms with Gasteiger partial charge < -0.3 is 14.4 Å². The molecule has 0 aliphatic carbocycles. The molecule has 3 aliphatic rings. The Kier molecular flexibility index (Phi) is 4.74. The number of ether oxygens (including phenoxy) is 1. The Bertz CT molecular complexity index is 2290. The van der Waals surface area contributed by atoms with Gasteiger partial charge in [0.1, 0.15) is 11.5 Å². The molecule has 3 aliphatic heterocycles. The number of hydrogen-bond acceptors (Lipinski definition) is 5. The van der Waals surface area contributed by atoms with Crippen LogP contribution in [-0.2, 0) is 0 Å². The van der Waals surface area contributed by atoms with Crippen molar-refractivity contribution in [3.8, 4) is 45.0 Å². The van der Waals surface area contributed by atoms with Crippen LogP contribution in [0.15, 0.2) is 140 Å². The van der Waals surface area contributed by atoms with Gasteiger partial charge in [0.15, 0.2) is 0 Å². The average molecular weight is 562 g/mol. The second-order valence-electron chi connectivity index (χ2n) is 11.4. The molecule has 0 atom stereocenters. The first-order valence-corrected chi connectivity index (χ1v) is 14.9. The van der Waals surface area contributed by atoms with E-state index in [9.17, 15) is 0 Å². The third-order valence-corrected chi connectivity index (χ3v) is 9.05. The van der Waals surface area contributed by atoms with Crippen molar-refractivity contribution < 1.29 is 4.74 Å². The van der Waals surface area contributed by atoms with E-state index in [-0.39, 0.29) is 6.98 Å². The van der Waals surface area contributed by atoms with E-state index < -0.39 is 0 Å². The maximum Gasteiger partial charge on any atom is 0.424 e. The van der Waals surface area contributed by atoms with Crippen LogP contribution in [0.4, 0.5) is 23.0 Å². The topological polar surface area (TPSA) is 41.5 Å². The SMILES string of the molecule is c1ccc(N2B3c4c(cccc4-c4ccccc4N3c3nc4c5c(cccc5n3)Oc3ccccc3-4)-c3ccccc32)cc1. The van der Waals surface area contributed by atoms with Crippen LogP contribution in [0.2, 0.25) is 0 Å². The normalized spacial score (nSPS) is 13.5. The standard InChI is InChI=1S/C38H23BN4O/c1-2-12-24(13-3-1)42-31-20-7-4-14-25(31)27-17-10-18-28-26-15-5-8-21-32(26)43(39(42)36(27)28)38-40-30-19-11-23-34-35(30)37(41-38)29-16-6-9-22-33(29)44-34/h1-23H. The van der Waals surface area contributed by atoms with E-state index in [1.165, 1.54) is 27.7 Å². The Morgan fingerprint density at radius 2 is 1.07 bits per heavy atom. The quantitative estimate of drug-likeness (QED) is 0.197. The van der Waals surface area contributed by atoms with Gasteiger partial charge in [-0.05, 0) is 65.1 Å². The number of anilines is 4. The molecule has 7 aromatic rings. The Morgan fingerprint density at radius 3 is 1.84 bits per heavy atom. The largest absolute Gasteiger partial charge is 0.456 e. The summed E-state index contributed by atoms with van der Waals surface area (Å²) in [5.74, 6) is 2.24. The molecule has 0 unspecified atom stereocenters. The van der Waals surface area contributed by atoms with Gasteiger partial charge in [0.05, 0.1) is 16.6 Å². The fraction of sp³-hybridized carbons (Fsp3) is 0. The summed E-state index contributed by atoms with van der Waals surface area (Å²) in [6.07, 6.45) is 0. The lowest BCUT2D eigenvalue weighted by Gasteiger charge is -2.46. The number of nitrogens with zero attached hydrogens (tertiary/aromatic N) is 4. The molecular formula is C38H23BN4O. The summed E-state index contributed by atoms with van der Waals surface area (Å²) < 4.78 is 6.32. The Labute approximate surface area is 254 Å². The van der Waals surface area contributed by atoms with Crippen molar-refractivity contribution in [1.29, 1.82) is 0 Å². The van der Waals surface area contributed by atoms with Gasteiger partial charge in [-0.2, -0.15) is 0 Å². The van der Waals surface area contributed by atoms with Gasteiger partial charge in [-0.1, -0.05) is 91.0 Å². The average Bonchev–Trinajstić information content (AvgIpc) is 3.09. The predicted molar refractivity (Wildman–Crippen MR) is 178 cm³/mol. The van der Waals surface area contributed by atoms with Crippen molar-refractivity contribution in [2.45, 2.75) is 0 Å². The van der Waals surface area contributed by atoms with Gasteiger partial charge in [0, 0.05) is 33.8 Å². The lowest BCUT2D eigenvalue weighted by Crippen LogP contribution is -2.62. The van der Waals surface area contributed by atoms with Gasteiger partial charge in [-0.25, -0.2) is 9.97 Å². The monoisotopic (exact) mass is 562 g/mol. The van der Waals surface area contributed by atoms with E-state index in [4.69, 9.17) is 14.7 Å². The van der Waals surface area contributed by atoms with E-state index in [1.54, 1.807) is 0 Å². The van der Waals surface area contributed by atoms with Crippen LogP contribution >= 0.6 is 0 Å². The number of rotatable bonds is 2. The Balaban J connectivity index is 1.32. The van der Waals surface area contributed by atoms with Crippen LogP contribution < -0.4 is 19.8 Å². The molecule has 10 rings (SSSR count). The van der Waals surface area contributed by atoms with Crippen molar-refractivity contribution >= 4 is 46.4 Å². The minimum atomic E-state index is -0.226. The van der Waals surface area contributed by atoms with Crippen LogP contribution in [-0.4, -0.2) is 17.0 Å². The summed E-state index contributed by atoms with van der Waals surface area (Å²) in [5, 5.41) is 0.940. The highest BCUT2D eigenvalue weighted by molar-refractivity contribution is 6.86. The predicted octanol–water partition coefficient (Wildman–Crippen LogP) is 8.74. The number of aromatic nitrogens is 2. The molecule has 6 aromatic carbocycles. The molecule has 6 heteroatoms. The highest BCUT2D eigenvalue weighted by atomic mass is 16.5. The smallest absolute Gasteiger partial charge is 0.424 e. The molecule has 204 valence electrons. The number of para-hydroxylation sites is 4. The lowest BCUT2D eigenvalue weighted by atomic mass is 9.54. The number of fused-ring (bicyclic) bond motifs is 6. The molecule has 0 spiro atoms. The molecule has 5 nitrogen and oxygen atoms in total. The number of hydrogen-bond donors (Lipinski definition) is 0. The van der Waals surface area contributed by atoms with Gasteiger partial charge in [-0.3, -0.25) is 0 Å². The molecule has 0 radical (unpaired) electrons. The summed E-state index contributed by atoms with van der Waals surface area (Å²) >= 11 is 0. The third-order valence-electron chi connectivity index (χ3n) is 9.05. The first-order chi connectivity index (χ1) is 21.8. The molecular weight excluding hydrogens is 539 g/mol. The number of benzene rings is 6. The lowest BCUT2D eigenvalue weighted by molar-refractivity contribution is 0.486. The summed E-state index contributed by atoms with van der Waals surface area (Å²) in [5.41, 5.74) is 12.2. The van der Waals surface area contributed by atoms with Crippen molar-refractivity contribution in [2.24, 2.45) is 0 Å². The highest BCUT2D eigenvalue weighted by Crippen LogP contribution is 2.50. The van der Waals surface area contributed by atoms with Crippen LogP contribution in [0.25, 0.3) is 44.4 Å². The first-order valence-electron chi connectivity index (χ1n) is 14.9. The summed E-state index contributed by atoms with van der Waals surface area (Å²) in [4.78, 5) is 15.5. The van der Waals surface area contributed by atoms with E-state index in [0.29, 0.717) is 5.95 Å². The van der Waals surface area contributed by atoms with Gasteiger partial charge in [-0.15, -0.1) is 0 Å². The fourth-order valence-corrected chi connectivity index (χ4v) is 7.26. The summed E-state index contributed by atoms with van der Waals surface area (Å²) in [6, 6.07) is 48.9. The highest BCUT2D eigenvalue weighted by Gasteiger charge is 2.47. The van der Waals surface area contributed by atoms with Crippen molar-refractivity contribution in [3.05, 3.63) is 140 Å². The van der Waals surface area contributed by atoms with Crippen molar-refractivity contribution in [1.82, 2.24) is 9.97 Å². The van der Waals surface area contributed by atoms with E-state index in [2.05, 4.69) is 119 Å². The Hall–Kier alpha value is -5.88. The molecule has 0 saturated carbocycles. The fourth-order valence-electron chi connectivity index (χ4n) is 7.26. The zero-order chi connectivity index (χ0) is 28.8. The molecule has 0 amide bonds. The van der Waals surface area contributed by atoms with E-state index in [1.807, 2.05) is 30.3 Å². The minimum Gasteiger partial charge on any atom is -0.456 e. The van der Waals surface area contributed by atoms with Crippen LogP contribution in [0.5, 0.6) is 11.5 Å². The van der Waals surface area contributed by atoms with Gasteiger partial charge >= 0.3 is 6.98 Å². The summed E-state index contributed by atoms with van der Waals surface area (Å²) in [6.45, 7) is -0.226. The molecule has 0 N–H and O–H groups in total. The summed E-state index contributed by atoms with van der Waals surface area (Å²) in [7, 11) is 0. The first kappa shape index (κ1) is 23.7. The van der Waals surface area contributed by atoms with E-state index in [0.717, 1.165) is 50.7 Å². The molecule has 44 heavy (non-hydrogen) atoms. The molecule has 0 saturated heterocycles. The van der Waals surface area contributed by atoms with Crippen molar-refractivity contribution in [3.63, 3.8) is 0 Å². The van der Waals surface area contributed by atoms with Gasteiger partial charge in [0.2, 0.25) is 5.95 Å². The second kappa shape index (κ2) is 8.82. The molecule has 4 heterocycles. The van der Waals surface area contributed by atoms with E-state index >= 15 is 0 Å². The molecule has 0 fully saturated rings. The van der Waals surface area contributed by atoms with Crippen LogP contribution in [0.1, 0.15) is 0 Å². The molecule has 0 bridgehead atoms. The maximum absolute atomic E-state index is 6.32. The maximum atomic E-state index is 6.32. The molecule has 1 aromatic heterocycles. The van der Waals surface area contributed by atoms with Crippen LogP contribution in [0, 0.1) is 0 Å². The van der Waals surface area contributed by atoms with Crippen LogP contribution in [0.3, 0.4) is 0 Å². The minimum absolute atomic E-state index is 0.226. The van der Waals surface area contributed by atoms with Crippen molar-refractivity contribution in [2.75, 3.05) is 9.62 Å². The zero-order valence-electron chi connectivity index (χ0n) is 23.6.